The number of halogens is 2. The zero-order valence-corrected chi connectivity index (χ0v) is 14.7. The molecule has 0 fully saturated rings. The molecule has 1 aromatic heterocycles. The van der Waals surface area contributed by atoms with Crippen molar-refractivity contribution in [1.82, 2.24) is 20.2 Å². The Kier molecular flexibility index (Phi) is 5.30. The summed E-state index contributed by atoms with van der Waals surface area (Å²) in [5, 5.41) is 15.1. The van der Waals surface area contributed by atoms with E-state index in [0.29, 0.717) is 21.6 Å². The molecule has 0 unspecified atom stereocenters. The summed E-state index contributed by atoms with van der Waals surface area (Å²) in [5.41, 5.74) is 2.05. The van der Waals surface area contributed by atoms with E-state index in [9.17, 15) is 9.18 Å². The molecule has 9 heteroatoms. The highest BCUT2D eigenvalue weighted by Crippen LogP contribution is 2.21. The lowest BCUT2D eigenvalue weighted by molar-refractivity contribution is -0.113. The molecule has 3 rings (SSSR count). The molecule has 0 saturated heterocycles. The van der Waals surface area contributed by atoms with Gasteiger partial charge in [-0.15, -0.1) is 5.10 Å². The number of aryl methyl sites for hydroxylation is 1. The monoisotopic (exact) mass is 377 g/mol. The van der Waals surface area contributed by atoms with E-state index in [4.69, 9.17) is 11.6 Å². The smallest absolute Gasteiger partial charge is 0.234 e. The van der Waals surface area contributed by atoms with E-state index in [0.717, 1.165) is 17.3 Å². The number of tetrazole rings is 1. The quantitative estimate of drug-likeness (QED) is 0.689. The zero-order chi connectivity index (χ0) is 17.8. The van der Waals surface area contributed by atoms with Gasteiger partial charge >= 0.3 is 0 Å². The molecule has 0 atom stereocenters. The topological polar surface area (TPSA) is 72.7 Å². The van der Waals surface area contributed by atoms with Gasteiger partial charge in [-0.05, 0) is 59.3 Å². The SMILES string of the molecule is Cc1cc(Cl)ccc1NC(=O)CSc1nnnn1-c1cccc(F)c1. The first-order valence-corrected chi connectivity index (χ1v) is 8.62. The van der Waals surface area contributed by atoms with Crippen LogP contribution < -0.4 is 5.32 Å². The standard InChI is InChI=1S/C16H13ClFN5OS/c1-10-7-11(17)5-6-14(10)19-15(24)9-25-16-20-21-22-23(16)13-4-2-3-12(18)8-13/h2-8H,9H2,1H3,(H,19,24). The first-order valence-electron chi connectivity index (χ1n) is 7.26. The third kappa shape index (κ3) is 4.34. The van der Waals surface area contributed by atoms with Crippen molar-refractivity contribution in [2.75, 3.05) is 11.1 Å². The fourth-order valence-corrected chi connectivity index (χ4v) is 3.04. The first-order chi connectivity index (χ1) is 12.0. The van der Waals surface area contributed by atoms with E-state index in [-0.39, 0.29) is 17.5 Å². The number of hydrogen-bond donors (Lipinski definition) is 1. The van der Waals surface area contributed by atoms with E-state index >= 15 is 0 Å². The molecule has 0 aliphatic rings. The Bertz CT molecular complexity index is 917. The Morgan fingerprint density at radius 1 is 1.32 bits per heavy atom. The number of rotatable bonds is 5. The van der Waals surface area contributed by atoms with Crippen molar-refractivity contribution in [3.05, 3.63) is 58.9 Å². The molecular formula is C16H13ClFN5OS. The highest BCUT2D eigenvalue weighted by atomic mass is 35.5. The van der Waals surface area contributed by atoms with Gasteiger partial charge in [-0.2, -0.15) is 4.68 Å². The molecule has 3 aromatic rings. The van der Waals surface area contributed by atoms with Crippen molar-refractivity contribution >= 4 is 35.0 Å². The van der Waals surface area contributed by atoms with Gasteiger partial charge in [0.2, 0.25) is 11.1 Å². The molecule has 0 saturated carbocycles. The lowest BCUT2D eigenvalue weighted by atomic mass is 10.2. The van der Waals surface area contributed by atoms with Crippen LogP contribution in [-0.4, -0.2) is 31.9 Å². The summed E-state index contributed by atoms with van der Waals surface area (Å²) < 4.78 is 14.7. The van der Waals surface area contributed by atoms with Gasteiger partial charge in [0.1, 0.15) is 5.82 Å². The molecule has 0 aliphatic carbocycles. The van der Waals surface area contributed by atoms with Crippen molar-refractivity contribution in [3.8, 4) is 5.69 Å². The van der Waals surface area contributed by atoms with Crippen molar-refractivity contribution in [2.24, 2.45) is 0 Å². The lowest BCUT2D eigenvalue weighted by Crippen LogP contribution is -2.15. The van der Waals surface area contributed by atoms with Crippen LogP contribution in [0.15, 0.2) is 47.6 Å². The summed E-state index contributed by atoms with van der Waals surface area (Å²) in [6, 6.07) is 11.1. The molecule has 1 N–H and O–H groups in total. The average molecular weight is 378 g/mol. The first kappa shape index (κ1) is 17.4. The number of nitrogens with one attached hydrogen (secondary N) is 1. The second-order valence-corrected chi connectivity index (χ2v) is 6.53. The summed E-state index contributed by atoms with van der Waals surface area (Å²) in [5.74, 6) is -0.485. The van der Waals surface area contributed by atoms with Crippen molar-refractivity contribution in [3.63, 3.8) is 0 Å². The van der Waals surface area contributed by atoms with Crippen LogP contribution in [0.1, 0.15) is 5.56 Å². The number of anilines is 1. The highest BCUT2D eigenvalue weighted by molar-refractivity contribution is 7.99. The van der Waals surface area contributed by atoms with Gasteiger partial charge < -0.3 is 5.32 Å². The fraction of sp³-hybridized carbons (Fsp3) is 0.125. The summed E-state index contributed by atoms with van der Waals surface area (Å²) in [7, 11) is 0. The van der Waals surface area contributed by atoms with Gasteiger partial charge in [0.25, 0.3) is 0 Å². The largest absolute Gasteiger partial charge is 0.325 e. The molecule has 2 aromatic carbocycles. The van der Waals surface area contributed by atoms with E-state index < -0.39 is 0 Å². The van der Waals surface area contributed by atoms with Crippen molar-refractivity contribution < 1.29 is 9.18 Å². The molecule has 0 aliphatic heterocycles. The van der Waals surface area contributed by atoms with Crippen LogP contribution >= 0.6 is 23.4 Å². The van der Waals surface area contributed by atoms with Gasteiger partial charge in [0.05, 0.1) is 11.4 Å². The van der Waals surface area contributed by atoms with Crippen LogP contribution in [0.4, 0.5) is 10.1 Å². The number of hydrogen-bond acceptors (Lipinski definition) is 5. The van der Waals surface area contributed by atoms with E-state index in [1.165, 1.54) is 16.8 Å². The average Bonchev–Trinajstić information content (AvgIpc) is 3.04. The minimum absolute atomic E-state index is 0.109. The maximum atomic E-state index is 13.4. The number of aromatic nitrogens is 4. The number of carbonyl (C=O) groups excluding carboxylic acids is 1. The van der Waals surface area contributed by atoms with Gasteiger partial charge in [0, 0.05) is 10.7 Å². The summed E-state index contributed by atoms with van der Waals surface area (Å²) in [6.45, 7) is 1.86. The normalized spacial score (nSPS) is 10.7. The van der Waals surface area contributed by atoms with E-state index in [1.54, 1.807) is 30.3 Å². The number of amides is 1. The van der Waals surface area contributed by atoms with Crippen molar-refractivity contribution in [2.45, 2.75) is 12.1 Å². The maximum absolute atomic E-state index is 13.4. The van der Waals surface area contributed by atoms with Crippen LogP contribution in [0.2, 0.25) is 5.02 Å². The van der Waals surface area contributed by atoms with E-state index in [2.05, 4.69) is 20.8 Å². The summed E-state index contributed by atoms with van der Waals surface area (Å²) >= 11 is 7.06. The van der Waals surface area contributed by atoms with Crippen LogP contribution in [0.3, 0.4) is 0 Å². The Morgan fingerprint density at radius 2 is 2.16 bits per heavy atom. The lowest BCUT2D eigenvalue weighted by Gasteiger charge is -2.08. The Labute approximate surface area is 152 Å². The molecule has 128 valence electrons. The molecule has 0 spiro atoms. The minimum atomic E-state index is -0.389. The summed E-state index contributed by atoms with van der Waals surface area (Å²) in [4.78, 5) is 12.1. The minimum Gasteiger partial charge on any atom is -0.325 e. The second kappa shape index (κ2) is 7.62. The molecule has 0 radical (unpaired) electrons. The number of thioether (sulfide) groups is 1. The number of carbonyl (C=O) groups is 1. The summed E-state index contributed by atoms with van der Waals surface area (Å²) in [6.07, 6.45) is 0. The Morgan fingerprint density at radius 3 is 2.92 bits per heavy atom. The van der Waals surface area contributed by atoms with E-state index in [1.807, 2.05) is 6.92 Å². The third-order valence-corrected chi connectivity index (χ3v) is 4.44. The van der Waals surface area contributed by atoms with Gasteiger partial charge in [-0.25, -0.2) is 4.39 Å². The zero-order valence-electron chi connectivity index (χ0n) is 13.1. The molecule has 25 heavy (non-hydrogen) atoms. The van der Waals surface area contributed by atoms with Crippen LogP contribution in [0, 0.1) is 12.7 Å². The third-order valence-electron chi connectivity index (χ3n) is 3.29. The molecule has 6 nitrogen and oxygen atoms in total. The maximum Gasteiger partial charge on any atom is 0.234 e. The highest BCUT2D eigenvalue weighted by Gasteiger charge is 2.12. The molecule has 1 heterocycles. The Balaban J connectivity index is 1.66. The van der Waals surface area contributed by atoms with Crippen molar-refractivity contribution in [1.29, 1.82) is 0 Å². The predicted octanol–water partition coefficient (Wildman–Crippen LogP) is 3.49. The fourth-order valence-electron chi connectivity index (χ4n) is 2.12. The molecular weight excluding hydrogens is 365 g/mol. The molecule has 0 bridgehead atoms. The number of nitrogens with zero attached hydrogens (tertiary/aromatic N) is 4. The van der Waals surface area contributed by atoms with Gasteiger partial charge in [-0.1, -0.05) is 29.4 Å². The van der Waals surface area contributed by atoms with Crippen LogP contribution in [0.5, 0.6) is 0 Å². The second-order valence-electron chi connectivity index (χ2n) is 5.15. The number of benzene rings is 2. The van der Waals surface area contributed by atoms with Crippen LogP contribution in [-0.2, 0) is 4.79 Å². The molecule has 1 amide bonds. The van der Waals surface area contributed by atoms with Gasteiger partial charge in [0.15, 0.2) is 0 Å². The van der Waals surface area contributed by atoms with Crippen LogP contribution in [0.25, 0.3) is 5.69 Å². The predicted molar refractivity (Wildman–Crippen MR) is 94.7 cm³/mol. The Hall–Kier alpha value is -2.45. The van der Waals surface area contributed by atoms with Gasteiger partial charge in [-0.3, -0.25) is 4.79 Å².